The van der Waals surface area contributed by atoms with Gasteiger partial charge in [-0.2, -0.15) is 4.31 Å². The number of nitrogens with zero attached hydrogens (tertiary/aromatic N) is 5. The van der Waals surface area contributed by atoms with Crippen molar-refractivity contribution in [2.45, 2.75) is 37.6 Å². The Morgan fingerprint density at radius 2 is 2.07 bits per heavy atom. The zero-order chi connectivity index (χ0) is 20.7. The van der Waals surface area contributed by atoms with Crippen LogP contribution in [0.1, 0.15) is 37.1 Å². The fraction of sp³-hybridized carbons (Fsp3) is 0.476. The number of fused-ring (bicyclic) bond motifs is 2. The molecule has 2 saturated heterocycles. The van der Waals surface area contributed by atoms with Gasteiger partial charge in [-0.15, -0.1) is 11.3 Å². The zero-order valence-electron chi connectivity index (χ0n) is 16.9. The predicted octanol–water partition coefficient (Wildman–Crippen LogP) is 3.07. The molecule has 4 heterocycles. The average Bonchev–Trinajstić information content (AvgIpc) is 3.22. The second-order valence-electron chi connectivity index (χ2n) is 8.21. The molecule has 0 aliphatic carbocycles. The largest absolute Gasteiger partial charge is 0.297 e. The molecule has 3 aromatic rings. The molecule has 30 heavy (non-hydrogen) atoms. The number of likely N-dealkylation sites (tertiary alicyclic amines) is 1. The van der Waals surface area contributed by atoms with Crippen LogP contribution in [0.3, 0.4) is 0 Å². The van der Waals surface area contributed by atoms with Crippen molar-refractivity contribution < 1.29 is 8.42 Å². The molecule has 7 nitrogen and oxygen atoms in total. The number of rotatable bonds is 4. The highest BCUT2D eigenvalue weighted by Crippen LogP contribution is 2.37. The van der Waals surface area contributed by atoms with Crippen molar-refractivity contribution in [2.24, 2.45) is 5.92 Å². The van der Waals surface area contributed by atoms with E-state index in [0.29, 0.717) is 19.5 Å². The molecule has 0 saturated carbocycles. The third kappa shape index (κ3) is 3.64. The van der Waals surface area contributed by atoms with E-state index >= 15 is 0 Å². The Morgan fingerprint density at radius 3 is 2.90 bits per heavy atom. The van der Waals surface area contributed by atoms with Gasteiger partial charge in [0.25, 0.3) is 0 Å². The third-order valence-corrected chi connectivity index (χ3v) is 9.75. The molecule has 0 radical (unpaired) electrons. The monoisotopic (exact) mass is 443 g/mol. The minimum absolute atomic E-state index is 0.176. The van der Waals surface area contributed by atoms with Crippen molar-refractivity contribution in [2.75, 3.05) is 19.6 Å². The number of sulfonamides is 1. The highest BCUT2D eigenvalue weighted by molar-refractivity contribution is 7.90. The fourth-order valence-corrected chi connectivity index (χ4v) is 7.66. The van der Waals surface area contributed by atoms with Gasteiger partial charge in [0.15, 0.2) is 0 Å². The van der Waals surface area contributed by atoms with E-state index in [9.17, 15) is 8.42 Å². The van der Waals surface area contributed by atoms with Crippen molar-refractivity contribution in [1.29, 1.82) is 0 Å². The first-order valence-corrected chi connectivity index (χ1v) is 12.7. The lowest BCUT2D eigenvalue weighted by atomic mass is 10.0. The van der Waals surface area contributed by atoms with Crippen molar-refractivity contribution in [3.8, 4) is 0 Å². The van der Waals surface area contributed by atoms with Crippen molar-refractivity contribution in [3.05, 3.63) is 53.6 Å². The molecule has 9 heteroatoms. The summed E-state index contributed by atoms with van der Waals surface area (Å²) in [5.74, 6) is 0.176. The summed E-state index contributed by atoms with van der Waals surface area (Å²) in [6.45, 7) is 4.84. The quantitative estimate of drug-likeness (QED) is 0.617. The lowest BCUT2D eigenvalue weighted by Crippen LogP contribution is -2.33. The summed E-state index contributed by atoms with van der Waals surface area (Å²) in [6.07, 6.45) is 4.70. The summed E-state index contributed by atoms with van der Waals surface area (Å²) < 4.78 is 29.2. The van der Waals surface area contributed by atoms with Crippen molar-refractivity contribution >= 4 is 31.6 Å². The summed E-state index contributed by atoms with van der Waals surface area (Å²) in [6, 6.07) is 8.52. The number of benzene rings is 1. The first-order chi connectivity index (χ1) is 14.5. The van der Waals surface area contributed by atoms with Gasteiger partial charge in [-0.1, -0.05) is 6.07 Å². The van der Waals surface area contributed by atoms with E-state index in [1.165, 1.54) is 16.6 Å². The Kier molecular flexibility index (Phi) is 5.30. The van der Waals surface area contributed by atoms with Gasteiger partial charge in [-0.05, 0) is 56.0 Å². The summed E-state index contributed by atoms with van der Waals surface area (Å²) in [5, 5.41) is -0.294. The minimum atomic E-state index is -3.31. The summed E-state index contributed by atoms with van der Waals surface area (Å²) in [4.78, 5) is 15.0. The van der Waals surface area contributed by atoms with Crippen LogP contribution < -0.4 is 0 Å². The molecule has 2 aromatic heterocycles. The molecular formula is C21H25N5O2S2. The van der Waals surface area contributed by atoms with Crippen LogP contribution in [0.2, 0.25) is 0 Å². The van der Waals surface area contributed by atoms with Gasteiger partial charge in [0.1, 0.15) is 6.33 Å². The van der Waals surface area contributed by atoms with Gasteiger partial charge in [0.05, 0.1) is 33.2 Å². The summed E-state index contributed by atoms with van der Waals surface area (Å²) >= 11 is 1.65. The molecule has 0 spiro atoms. The Balaban J connectivity index is 1.29. The lowest BCUT2D eigenvalue weighted by molar-refractivity contribution is 0.213. The van der Waals surface area contributed by atoms with E-state index in [4.69, 9.17) is 0 Å². The predicted molar refractivity (Wildman–Crippen MR) is 117 cm³/mol. The standard InChI is InChI=1S/C21H25N5O2S2/c1-15(16-2-3-20-19(10-16)24-14-29-20)25-8-5-17-11-26(12-18-4-7-22-13-23-18)30(27,28)21(17)6-9-25/h2-4,7,10,13-15,17,21H,5-6,8-9,11-12H2,1H3. The van der Waals surface area contributed by atoms with Gasteiger partial charge in [0, 0.05) is 25.3 Å². The van der Waals surface area contributed by atoms with Gasteiger partial charge < -0.3 is 0 Å². The topological polar surface area (TPSA) is 79.3 Å². The van der Waals surface area contributed by atoms with Crippen LogP contribution in [-0.4, -0.2) is 57.5 Å². The van der Waals surface area contributed by atoms with E-state index in [2.05, 4.69) is 45.0 Å². The molecule has 158 valence electrons. The number of hydrogen-bond donors (Lipinski definition) is 0. The van der Waals surface area contributed by atoms with E-state index in [-0.39, 0.29) is 17.2 Å². The third-order valence-electron chi connectivity index (χ3n) is 6.56. The van der Waals surface area contributed by atoms with Gasteiger partial charge in [-0.25, -0.2) is 23.4 Å². The van der Waals surface area contributed by atoms with Crippen LogP contribution in [-0.2, 0) is 16.6 Å². The molecule has 2 aliphatic heterocycles. The molecule has 3 unspecified atom stereocenters. The Hall–Kier alpha value is -1.94. The second-order valence-corrected chi connectivity index (χ2v) is 11.2. The number of aromatic nitrogens is 3. The van der Waals surface area contributed by atoms with Crippen molar-refractivity contribution in [3.63, 3.8) is 0 Å². The van der Waals surface area contributed by atoms with Crippen LogP contribution in [0.5, 0.6) is 0 Å². The summed E-state index contributed by atoms with van der Waals surface area (Å²) in [7, 11) is -3.31. The van der Waals surface area contributed by atoms with Gasteiger partial charge >= 0.3 is 0 Å². The summed E-state index contributed by atoms with van der Waals surface area (Å²) in [5.41, 5.74) is 4.91. The van der Waals surface area contributed by atoms with Gasteiger partial charge in [-0.3, -0.25) is 4.90 Å². The van der Waals surface area contributed by atoms with Crippen LogP contribution in [0.4, 0.5) is 0 Å². The Labute approximate surface area is 180 Å². The molecule has 0 N–H and O–H groups in total. The SMILES string of the molecule is CC(c1ccc2scnc2c1)N1CCC2CN(Cc3ccncn3)S(=O)(=O)C2CC1. The molecule has 0 bridgehead atoms. The van der Waals surface area contributed by atoms with Crippen LogP contribution in [0, 0.1) is 5.92 Å². The van der Waals surface area contributed by atoms with E-state index < -0.39 is 10.0 Å². The zero-order valence-corrected chi connectivity index (χ0v) is 18.5. The molecule has 2 fully saturated rings. The fourth-order valence-electron chi connectivity index (χ4n) is 4.80. The van der Waals surface area contributed by atoms with E-state index in [0.717, 1.165) is 30.7 Å². The Bertz CT molecular complexity index is 1130. The van der Waals surface area contributed by atoms with E-state index in [1.807, 2.05) is 5.51 Å². The van der Waals surface area contributed by atoms with Crippen LogP contribution in [0.25, 0.3) is 10.2 Å². The number of hydrogen-bond acceptors (Lipinski definition) is 7. The first-order valence-electron chi connectivity index (χ1n) is 10.3. The molecule has 3 atom stereocenters. The highest BCUT2D eigenvalue weighted by Gasteiger charge is 2.47. The molecule has 0 amide bonds. The normalized spacial score (nSPS) is 25.8. The smallest absolute Gasteiger partial charge is 0.217 e. The van der Waals surface area contributed by atoms with E-state index in [1.54, 1.807) is 27.9 Å². The second kappa shape index (κ2) is 7.96. The van der Waals surface area contributed by atoms with Crippen LogP contribution >= 0.6 is 11.3 Å². The maximum Gasteiger partial charge on any atom is 0.217 e. The van der Waals surface area contributed by atoms with Crippen molar-refractivity contribution in [1.82, 2.24) is 24.2 Å². The maximum atomic E-state index is 13.2. The molecule has 1 aromatic carbocycles. The first kappa shape index (κ1) is 20.0. The Morgan fingerprint density at radius 1 is 1.20 bits per heavy atom. The number of thiazole rings is 1. The highest BCUT2D eigenvalue weighted by atomic mass is 32.2. The molecule has 2 aliphatic rings. The average molecular weight is 444 g/mol. The van der Waals surface area contributed by atoms with Crippen LogP contribution in [0.15, 0.2) is 42.3 Å². The maximum absolute atomic E-state index is 13.2. The van der Waals surface area contributed by atoms with Gasteiger partial charge in [0.2, 0.25) is 10.0 Å². The molecule has 5 rings (SSSR count). The lowest BCUT2D eigenvalue weighted by Gasteiger charge is -2.28. The molecular weight excluding hydrogens is 418 g/mol. The minimum Gasteiger partial charge on any atom is -0.297 e.